The summed E-state index contributed by atoms with van der Waals surface area (Å²) in [5, 5.41) is 6.27. The third-order valence-electron chi connectivity index (χ3n) is 5.55. The van der Waals surface area contributed by atoms with Gasteiger partial charge >= 0.3 is 0 Å². The molecule has 1 aliphatic carbocycles. The van der Waals surface area contributed by atoms with E-state index in [0.717, 1.165) is 11.9 Å². The Morgan fingerprint density at radius 2 is 2.18 bits per heavy atom. The van der Waals surface area contributed by atoms with Crippen LogP contribution in [0.4, 0.5) is 0 Å². The predicted molar refractivity (Wildman–Crippen MR) is 110 cm³/mol. The van der Waals surface area contributed by atoms with Gasteiger partial charge in [0.25, 0.3) is 0 Å². The number of aromatic nitrogens is 1. The van der Waals surface area contributed by atoms with Crippen molar-refractivity contribution < 1.29 is 13.2 Å². The van der Waals surface area contributed by atoms with Crippen molar-refractivity contribution in [3.63, 3.8) is 0 Å². The van der Waals surface area contributed by atoms with Crippen LogP contribution >= 0.6 is 0 Å². The summed E-state index contributed by atoms with van der Waals surface area (Å²) in [6.07, 6.45) is 6.80. The number of H-pyrrole nitrogens is 1. The largest absolute Gasteiger partial charge is 0.361 e. The van der Waals surface area contributed by atoms with Gasteiger partial charge in [-0.05, 0) is 35.6 Å². The van der Waals surface area contributed by atoms with E-state index in [1.165, 1.54) is 33.4 Å². The first-order chi connectivity index (χ1) is 13.3. The lowest BCUT2D eigenvalue weighted by Gasteiger charge is -2.34. The summed E-state index contributed by atoms with van der Waals surface area (Å²) in [6, 6.07) is 6.48. The van der Waals surface area contributed by atoms with Crippen molar-refractivity contribution in [2.45, 2.75) is 18.9 Å². The van der Waals surface area contributed by atoms with Crippen LogP contribution in [0.3, 0.4) is 0 Å². The average Bonchev–Trinajstić information content (AvgIpc) is 3.08. The predicted octanol–water partition coefficient (Wildman–Crippen LogP) is 1.09. The van der Waals surface area contributed by atoms with Gasteiger partial charge in [0.1, 0.15) is 9.84 Å². The smallest absolute Gasteiger partial charge is 0.244 e. The van der Waals surface area contributed by atoms with E-state index in [4.69, 9.17) is 0 Å². The number of rotatable bonds is 6. The van der Waals surface area contributed by atoms with Gasteiger partial charge in [0.2, 0.25) is 5.91 Å². The van der Waals surface area contributed by atoms with Crippen molar-refractivity contribution in [3.05, 3.63) is 41.6 Å². The number of hydrogen-bond donors (Lipinski definition) is 3. The Bertz CT molecular complexity index is 1040. The number of carbonyl (C=O) groups excluding carboxylic acids is 1. The standard InChI is InChI=1S/C20H26N4O3S/c1-24(23-7-4-8-28(2,26)27)20(25)14-9-16-15-5-3-6-17-19(15)13(11-21-17)10-18(16)22-12-14/h3,5-6,9,11,14,18,21-23H,4,7-8,10,12H2,1-2H3/t14-,18-/m1/s1. The van der Waals surface area contributed by atoms with Gasteiger partial charge in [-0.25, -0.2) is 13.8 Å². The molecular weight excluding hydrogens is 376 g/mol. The average molecular weight is 403 g/mol. The van der Waals surface area contributed by atoms with Crippen LogP contribution in [0.2, 0.25) is 0 Å². The highest BCUT2D eigenvalue weighted by molar-refractivity contribution is 7.90. The quantitative estimate of drug-likeness (QED) is 0.497. The fraction of sp³-hybridized carbons (Fsp3) is 0.450. The van der Waals surface area contributed by atoms with Gasteiger partial charge < -0.3 is 10.3 Å². The number of fused-ring (bicyclic) bond motifs is 2. The first kappa shape index (κ1) is 19.2. The number of benzene rings is 1. The molecule has 150 valence electrons. The molecule has 2 aromatic rings. The molecule has 1 amide bonds. The van der Waals surface area contributed by atoms with Crippen molar-refractivity contribution in [3.8, 4) is 0 Å². The van der Waals surface area contributed by atoms with Crippen LogP contribution in [-0.4, -0.2) is 62.5 Å². The summed E-state index contributed by atoms with van der Waals surface area (Å²) >= 11 is 0. The molecule has 0 saturated heterocycles. The Morgan fingerprint density at radius 1 is 1.36 bits per heavy atom. The maximum Gasteiger partial charge on any atom is 0.244 e. The van der Waals surface area contributed by atoms with E-state index in [9.17, 15) is 13.2 Å². The second kappa shape index (κ2) is 7.35. The highest BCUT2D eigenvalue weighted by Crippen LogP contribution is 2.38. The summed E-state index contributed by atoms with van der Waals surface area (Å²) in [4.78, 5) is 16.2. The van der Waals surface area contributed by atoms with E-state index in [2.05, 4.69) is 40.1 Å². The second-order valence-corrected chi connectivity index (χ2v) is 9.98. The summed E-state index contributed by atoms with van der Waals surface area (Å²) in [7, 11) is -1.29. The van der Waals surface area contributed by atoms with Gasteiger partial charge in [-0.15, -0.1) is 0 Å². The summed E-state index contributed by atoms with van der Waals surface area (Å²) < 4.78 is 22.4. The minimum absolute atomic E-state index is 0.0233. The molecule has 4 rings (SSSR count). The molecule has 2 atom stereocenters. The molecule has 1 aliphatic heterocycles. The Morgan fingerprint density at radius 3 is 2.96 bits per heavy atom. The summed E-state index contributed by atoms with van der Waals surface area (Å²) in [6.45, 7) is 1.04. The lowest BCUT2D eigenvalue weighted by Crippen LogP contribution is -2.49. The zero-order valence-corrected chi connectivity index (χ0v) is 17.0. The SMILES string of the molecule is CN(NCCCS(C)(=O)=O)C(=O)[C@@H]1C=C2c3cccc4[nH]cc(c34)C[C@H]2NC1. The van der Waals surface area contributed by atoms with E-state index in [1.54, 1.807) is 7.05 Å². The molecule has 28 heavy (non-hydrogen) atoms. The minimum atomic E-state index is -2.98. The zero-order valence-electron chi connectivity index (χ0n) is 16.2. The van der Waals surface area contributed by atoms with Crippen molar-refractivity contribution >= 4 is 32.2 Å². The number of amides is 1. The van der Waals surface area contributed by atoms with Crippen molar-refractivity contribution in [2.24, 2.45) is 5.92 Å². The number of nitrogens with one attached hydrogen (secondary N) is 3. The van der Waals surface area contributed by atoms with Gasteiger partial charge in [-0.2, -0.15) is 0 Å². The first-order valence-corrected chi connectivity index (χ1v) is 11.6. The van der Waals surface area contributed by atoms with Crippen LogP contribution in [0.5, 0.6) is 0 Å². The minimum Gasteiger partial charge on any atom is -0.361 e. The Labute approximate surface area is 165 Å². The van der Waals surface area contributed by atoms with Crippen molar-refractivity contribution in [1.82, 2.24) is 20.7 Å². The van der Waals surface area contributed by atoms with Crippen LogP contribution in [0.25, 0.3) is 16.5 Å². The molecule has 0 saturated carbocycles. The van der Waals surface area contributed by atoms with Gasteiger partial charge in [0, 0.05) is 49.5 Å². The van der Waals surface area contributed by atoms with Crippen molar-refractivity contribution in [2.75, 3.05) is 32.1 Å². The summed E-state index contributed by atoms with van der Waals surface area (Å²) in [5.74, 6) is -0.166. The highest BCUT2D eigenvalue weighted by Gasteiger charge is 2.33. The number of aromatic amines is 1. The van der Waals surface area contributed by atoms with Crippen molar-refractivity contribution in [1.29, 1.82) is 0 Å². The first-order valence-electron chi connectivity index (χ1n) is 9.57. The third kappa shape index (κ3) is 3.72. The molecule has 8 heteroatoms. The zero-order chi connectivity index (χ0) is 19.9. The van der Waals surface area contributed by atoms with E-state index < -0.39 is 9.84 Å². The monoisotopic (exact) mass is 402 g/mol. The van der Waals surface area contributed by atoms with Crippen LogP contribution in [0.15, 0.2) is 30.5 Å². The molecule has 1 aromatic heterocycles. The topological polar surface area (TPSA) is 94.3 Å². The van der Waals surface area contributed by atoms with E-state index >= 15 is 0 Å². The van der Waals surface area contributed by atoms with Gasteiger partial charge in [0.05, 0.1) is 11.7 Å². The van der Waals surface area contributed by atoms with E-state index in [-0.39, 0.29) is 23.6 Å². The summed E-state index contributed by atoms with van der Waals surface area (Å²) in [5.41, 5.74) is 7.84. The highest BCUT2D eigenvalue weighted by atomic mass is 32.2. The number of sulfone groups is 1. The molecule has 0 bridgehead atoms. The number of nitrogens with zero attached hydrogens (tertiary/aromatic N) is 1. The molecule has 0 radical (unpaired) electrons. The van der Waals surface area contributed by atoms with Crippen LogP contribution in [0, 0.1) is 5.92 Å². The van der Waals surface area contributed by atoms with Gasteiger partial charge in [0.15, 0.2) is 0 Å². The molecule has 0 fully saturated rings. The van der Waals surface area contributed by atoms with Crippen LogP contribution in [0.1, 0.15) is 17.5 Å². The number of carbonyl (C=O) groups is 1. The van der Waals surface area contributed by atoms with Crippen LogP contribution in [-0.2, 0) is 21.1 Å². The number of hydrogen-bond acceptors (Lipinski definition) is 5. The Kier molecular flexibility index (Phi) is 5.03. The molecule has 0 spiro atoms. The normalized spacial score (nSPS) is 21.3. The lowest BCUT2D eigenvalue weighted by molar-refractivity contribution is -0.135. The van der Waals surface area contributed by atoms with Gasteiger partial charge in [-0.1, -0.05) is 18.2 Å². The maximum absolute atomic E-state index is 12.9. The maximum atomic E-state index is 12.9. The molecule has 2 heterocycles. The molecule has 2 aliphatic rings. The Balaban J connectivity index is 1.48. The number of hydrazine groups is 1. The van der Waals surface area contributed by atoms with Crippen LogP contribution < -0.4 is 10.7 Å². The fourth-order valence-corrected chi connectivity index (χ4v) is 4.84. The molecular formula is C20H26N4O3S. The molecule has 0 unspecified atom stereocenters. The van der Waals surface area contributed by atoms with E-state index in [0.29, 0.717) is 19.5 Å². The third-order valence-corrected chi connectivity index (χ3v) is 6.58. The fourth-order valence-electron chi connectivity index (χ4n) is 4.17. The lowest BCUT2D eigenvalue weighted by atomic mass is 9.80. The van der Waals surface area contributed by atoms with E-state index in [1.807, 2.05) is 6.07 Å². The molecule has 7 nitrogen and oxygen atoms in total. The Hall–Kier alpha value is -2.16. The van der Waals surface area contributed by atoms with Gasteiger partial charge in [-0.3, -0.25) is 9.80 Å². The molecule has 3 N–H and O–H groups in total. The second-order valence-electron chi connectivity index (χ2n) is 7.72. The molecule has 1 aromatic carbocycles.